The van der Waals surface area contributed by atoms with Crippen LogP contribution < -0.4 is 10.1 Å². The highest BCUT2D eigenvalue weighted by molar-refractivity contribution is 5.68. The molecule has 30 heavy (non-hydrogen) atoms. The highest BCUT2D eigenvalue weighted by Gasteiger charge is 2.36. The molecule has 4 rings (SSSR count). The van der Waals surface area contributed by atoms with Crippen molar-refractivity contribution in [2.75, 3.05) is 0 Å². The lowest BCUT2D eigenvalue weighted by Crippen LogP contribution is -2.58. The van der Waals surface area contributed by atoms with Gasteiger partial charge in [-0.25, -0.2) is 4.68 Å². The minimum atomic E-state index is -0.461. The van der Waals surface area contributed by atoms with Gasteiger partial charge in [0.15, 0.2) is 0 Å². The molecule has 2 aromatic heterocycles. The maximum absolute atomic E-state index is 10.4. The van der Waals surface area contributed by atoms with Crippen LogP contribution in [0.25, 0.3) is 16.9 Å². The minimum Gasteiger partial charge on any atom is -0.507 e. The van der Waals surface area contributed by atoms with Gasteiger partial charge in [0, 0.05) is 54.5 Å². The average Bonchev–Trinajstić information content (AvgIpc) is 3.22. The predicted molar refractivity (Wildman–Crippen MR) is 113 cm³/mol. The summed E-state index contributed by atoms with van der Waals surface area (Å²) < 4.78 is 7.74. The van der Waals surface area contributed by atoms with Crippen molar-refractivity contribution in [2.45, 2.75) is 57.4 Å². The monoisotopic (exact) mass is 409 g/mol. The van der Waals surface area contributed by atoms with Gasteiger partial charge in [0.2, 0.25) is 5.88 Å². The molecule has 0 spiro atoms. The summed E-state index contributed by atoms with van der Waals surface area (Å²) in [6.07, 6.45) is 4.46. The van der Waals surface area contributed by atoms with Crippen LogP contribution in [0.15, 0.2) is 48.8 Å². The zero-order valence-electron chi connectivity index (χ0n) is 17.4. The second kappa shape index (κ2) is 8.04. The molecular formula is C22H27N5O3. The number of phenolic OH excluding ortho intramolecular Hbond substituents is 1. The van der Waals surface area contributed by atoms with Gasteiger partial charge in [-0.05, 0) is 45.0 Å². The van der Waals surface area contributed by atoms with Gasteiger partial charge in [-0.1, -0.05) is 0 Å². The highest BCUT2D eigenvalue weighted by atomic mass is 16.5. The molecule has 0 radical (unpaired) electrons. The third-order valence-electron chi connectivity index (χ3n) is 5.37. The van der Waals surface area contributed by atoms with Crippen molar-refractivity contribution in [3.05, 3.63) is 48.8 Å². The molecule has 1 saturated heterocycles. The second-order valence-electron chi connectivity index (χ2n) is 8.46. The molecule has 1 aliphatic rings. The molecule has 1 aliphatic heterocycles. The quantitative estimate of drug-likeness (QED) is 0.595. The summed E-state index contributed by atoms with van der Waals surface area (Å²) in [6, 6.07) is 10.6. The normalized spacial score (nSPS) is 21.9. The van der Waals surface area contributed by atoms with E-state index >= 15 is 0 Å². The summed E-state index contributed by atoms with van der Waals surface area (Å²) in [4.78, 5) is 0. The van der Waals surface area contributed by atoms with Gasteiger partial charge in [0.05, 0.1) is 17.5 Å². The Morgan fingerprint density at radius 3 is 2.70 bits per heavy atom. The zero-order chi connectivity index (χ0) is 21.3. The summed E-state index contributed by atoms with van der Waals surface area (Å²) in [6.45, 7) is 5.99. The second-order valence-corrected chi connectivity index (χ2v) is 8.46. The molecule has 3 atom stereocenters. The summed E-state index contributed by atoms with van der Waals surface area (Å²) in [5, 5.41) is 36.5. The molecule has 158 valence electrons. The summed E-state index contributed by atoms with van der Waals surface area (Å²) >= 11 is 0. The Hall–Kier alpha value is -2.97. The molecule has 0 bridgehead atoms. The molecular weight excluding hydrogens is 382 g/mol. The molecule has 8 heteroatoms. The Morgan fingerprint density at radius 2 is 2.07 bits per heavy atom. The van der Waals surface area contributed by atoms with E-state index in [1.165, 1.54) is 0 Å². The van der Waals surface area contributed by atoms with E-state index in [2.05, 4.69) is 34.5 Å². The topological polar surface area (TPSA) is 105 Å². The fourth-order valence-corrected chi connectivity index (χ4v) is 3.96. The molecule has 3 aromatic rings. The number of aliphatic hydroxyl groups excluding tert-OH is 1. The first kappa shape index (κ1) is 20.3. The van der Waals surface area contributed by atoms with Crippen LogP contribution in [-0.2, 0) is 0 Å². The van der Waals surface area contributed by atoms with Gasteiger partial charge in [-0.2, -0.15) is 5.10 Å². The van der Waals surface area contributed by atoms with E-state index in [4.69, 9.17) is 4.74 Å². The lowest BCUT2D eigenvalue weighted by atomic mass is 9.85. The lowest BCUT2D eigenvalue weighted by Gasteiger charge is -2.42. The number of rotatable bonds is 5. The lowest BCUT2D eigenvalue weighted by molar-refractivity contribution is 0.0329. The molecule has 0 aliphatic carbocycles. The van der Waals surface area contributed by atoms with Crippen molar-refractivity contribution in [3.8, 4) is 28.6 Å². The van der Waals surface area contributed by atoms with E-state index in [0.29, 0.717) is 23.6 Å². The Morgan fingerprint density at radius 1 is 1.23 bits per heavy atom. The van der Waals surface area contributed by atoms with Crippen LogP contribution in [-0.4, -0.2) is 54.0 Å². The van der Waals surface area contributed by atoms with Gasteiger partial charge in [0.1, 0.15) is 11.9 Å². The van der Waals surface area contributed by atoms with Gasteiger partial charge < -0.3 is 20.3 Å². The third kappa shape index (κ3) is 4.44. The van der Waals surface area contributed by atoms with Crippen molar-refractivity contribution in [3.63, 3.8) is 0 Å². The van der Waals surface area contributed by atoms with Crippen molar-refractivity contribution in [2.24, 2.45) is 0 Å². The predicted octanol–water partition coefficient (Wildman–Crippen LogP) is 2.69. The number of phenols is 1. The van der Waals surface area contributed by atoms with Crippen LogP contribution in [0.4, 0.5) is 0 Å². The summed E-state index contributed by atoms with van der Waals surface area (Å²) in [5.74, 6) is 0.532. The number of nitrogens with zero attached hydrogens (tertiary/aromatic N) is 4. The first-order valence-corrected chi connectivity index (χ1v) is 10.1. The van der Waals surface area contributed by atoms with Crippen LogP contribution in [0.2, 0.25) is 0 Å². The number of aromatic hydroxyl groups is 1. The number of ether oxygens (including phenoxy) is 1. The van der Waals surface area contributed by atoms with Gasteiger partial charge in [-0.15, -0.1) is 10.2 Å². The van der Waals surface area contributed by atoms with Crippen molar-refractivity contribution in [1.82, 2.24) is 25.3 Å². The van der Waals surface area contributed by atoms with Crippen molar-refractivity contribution < 1.29 is 14.9 Å². The summed E-state index contributed by atoms with van der Waals surface area (Å²) in [7, 11) is 0. The number of hydrogen-bond acceptors (Lipinski definition) is 7. The largest absolute Gasteiger partial charge is 0.507 e. The smallest absolute Gasteiger partial charge is 0.233 e. The molecule has 3 N–H and O–H groups in total. The van der Waals surface area contributed by atoms with Gasteiger partial charge in [0.25, 0.3) is 0 Å². The number of aromatic nitrogens is 4. The van der Waals surface area contributed by atoms with E-state index in [-0.39, 0.29) is 23.4 Å². The zero-order valence-corrected chi connectivity index (χ0v) is 17.4. The van der Waals surface area contributed by atoms with Gasteiger partial charge >= 0.3 is 0 Å². The Bertz CT molecular complexity index is 987. The van der Waals surface area contributed by atoms with Crippen molar-refractivity contribution >= 4 is 0 Å². The molecule has 8 nitrogen and oxygen atoms in total. The first-order chi connectivity index (χ1) is 14.3. The molecule has 0 saturated carbocycles. The third-order valence-corrected chi connectivity index (χ3v) is 5.37. The molecule has 0 amide bonds. The first-order valence-electron chi connectivity index (χ1n) is 10.1. The SMILES string of the molecule is C[C@H](O)C1CC(Oc2ccc(-c3ccc(-n4cccn4)cc3O)nn2)CC(C)(C)N1. The van der Waals surface area contributed by atoms with Crippen LogP contribution in [0.1, 0.15) is 33.6 Å². The number of benzene rings is 1. The van der Waals surface area contributed by atoms with E-state index < -0.39 is 6.10 Å². The van der Waals surface area contributed by atoms with Gasteiger partial charge in [-0.3, -0.25) is 0 Å². The van der Waals surface area contributed by atoms with Crippen LogP contribution in [0.5, 0.6) is 11.6 Å². The maximum atomic E-state index is 10.4. The summed E-state index contributed by atoms with van der Waals surface area (Å²) in [5.41, 5.74) is 1.76. The highest BCUT2D eigenvalue weighted by Crippen LogP contribution is 2.31. The fourth-order valence-electron chi connectivity index (χ4n) is 3.96. The number of nitrogens with one attached hydrogen (secondary N) is 1. The minimum absolute atomic E-state index is 0.0313. The van der Waals surface area contributed by atoms with E-state index in [1.807, 2.05) is 18.3 Å². The Kier molecular flexibility index (Phi) is 5.44. The maximum Gasteiger partial charge on any atom is 0.233 e. The average molecular weight is 409 g/mol. The number of hydrogen-bond donors (Lipinski definition) is 3. The standard InChI is InChI=1S/C22H27N5O3/c1-14(28)19-12-16(13-22(2,3)24-19)30-21-8-7-18(25-26-21)17-6-5-15(11-20(17)29)27-10-4-9-23-27/h4-11,14,16,19,24,28-29H,12-13H2,1-3H3/t14-,16?,19?/m0/s1. The van der Waals surface area contributed by atoms with Crippen LogP contribution in [0.3, 0.4) is 0 Å². The molecule has 2 unspecified atom stereocenters. The number of aliphatic hydroxyl groups is 1. The Balaban J connectivity index is 1.48. The molecule has 1 fully saturated rings. The molecule has 3 heterocycles. The molecule has 1 aromatic carbocycles. The number of piperidine rings is 1. The van der Waals surface area contributed by atoms with Crippen LogP contribution in [0, 0.1) is 0 Å². The fraction of sp³-hybridized carbons (Fsp3) is 0.409. The van der Waals surface area contributed by atoms with E-state index in [9.17, 15) is 10.2 Å². The van der Waals surface area contributed by atoms with Crippen molar-refractivity contribution in [1.29, 1.82) is 0 Å². The van der Waals surface area contributed by atoms with Crippen LogP contribution >= 0.6 is 0 Å². The van der Waals surface area contributed by atoms with E-state index in [1.54, 1.807) is 42.1 Å². The van der Waals surface area contributed by atoms with E-state index in [0.717, 1.165) is 12.1 Å². The Labute approximate surface area is 175 Å².